The molecule has 0 saturated carbocycles. The lowest BCUT2D eigenvalue weighted by Gasteiger charge is -2.39. The summed E-state index contributed by atoms with van der Waals surface area (Å²) < 4.78 is 22.0. The zero-order valence-corrected chi connectivity index (χ0v) is 31.8. The maximum atomic E-state index is 12.7. The summed E-state index contributed by atoms with van der Waals surface area (Å²) in [6, 6.07) is 0. The number of aliphatic hydroxyl groups excluding tert-OH is 4. The highest BCUT2D eigenvalue weighted by molar-refractivity contribution is 5.70. The number of allylic oxidation sites excluding steroid dienone is 6. The number of aliphatic hydroxyl groups is 4. The second-order valence-corrected chi connectivity index (χ2v) is 13.7. The molecule has 0 radical (unpaired) electrons. The van der Waals surface area contributed by atoms with Gasteiger partial charge in [0.15, 0.2) is 12.4 Å². The van der Waals surface area contributed by atoms with Gasteiger partial charge in [-0.3, -0.25) is 9.59 Å². The molecule has 1 fully saturated rings. The van der Waals surface area contributed by atoms with Crippen LogP contribution >= 0.6 is 0 Å². The SMILES string of the molecule is CC/C=C\C/C=C\C/C=C\CCCCCCCC(=O)OC[C@H](CO[C@@H]1O[C@H](CO)[C@H](O)[C@H](O)[C@H]1O)OC(=O)CCCCCCCCCCCCC. The monoisotopic (exact) mass is 725 g/mol. The van der Waals surface area contributed by atoms with E-state index >= 15 is 0 Å². The highest BCUT2D eigenvalue weighted by Crippen LogP contribution is 2.22. The summed E-state index contributed by atoms with van der Waals surface area (Å²) in [4.78, 5) is 25.2. The molecule has 10 nitrogen and oxygen atoms in total. The van der Waals surface area contributed by atoms with Gasteiger partial charge in [-0.25, -0.2) is 0 Å². The van der Waals surface area contributed by atoms with Crippen LogP contribution < -0.4 is 0 Å². The van der Waals surface area contributed by atoms with Gasteiger partial charge >= 0.3 is 11.9 Å². The van der Waals surface area contributed by atoms with Crippen LogP contribution in [-0.4, -0.2) is 89.0 Å². The number of hydrogen-bond acceptors (Lipinski definition) is 10. The molecular weight excluding hydrogens is 652 g/mol. The Morgan fingerprint density at radius 2 is 1.16 bits per heavy atom. The Morgan fingerprint density at radius 3 is 1.75 bits per heavy atom. The molecule has 0 unspecified atom stereocenters. The Hall–Kier alpha value is -2.08. The molecule has 0 spiro atoms. The maximum absolute atomic E-state index is 12.7. The minimum atomic E-state index is -1.59. The Balaban J connectivity index is 2.39. The van der Waals surface area contributed by atoms with Crippen LogP contribution in [0.5, 0.6) is 0 Å². The zero-order valence-electron chi connectivity index (χ0n) is 31.8. The van der Waals surface area contributed by atoms with Crippen molar-refractivity contribution in [3.05, 3.63) is 36.5 Å². The summed E-state index contributed by atoms with van der Waals surface area (Å²) >= 11 is 0. The lowest BCUT2D eigenvalue weighted by Crippen LogP contribution is -2.59. The van der Waals surface area contributed by atoms with E-state index in [1.54, 1.807) is 0 Å². The van der Waals surface area contributed by atoms with Gasteiger partial charge in [-0.1, -0.05) is 134 Å². The number of unbranched alkanes of at least 4 members (excludes halogenated alkanes) is 15. The quantitative estimate of drug-likeness (QED) is 0.0311. The van der Waals surface area contributed by atoms with Gasteiger partial charge in [0.05, 0.1) is 13.2 Å². The molecule has 6 atom stereocenters. The molecule has 1 aliphatic rings. The third kappa shape index (κ3) is 24.7. The summed E-state index contributed by atoms with van der Waals surface area (Å²) in [5, 5.41) is 39.9. The number of ether oxygens (including phenoxy) is 4. The van der Waals surface area contributed by atoms with E-state index in [0.29, 0.717) is 12.8 Å². The summed E-state index contributed by atoms with van der Waals surface area (Å²) in [6.45, 7) is 3.27. The van der Waals surface area contributed by atoms with Crippen LogP contribution in [0.25, 0.3) is 0 Å². The van der Waals surface area contributed by atoms with Crippen molar-refractivity contribution in [3.63, 3.8) is 0 Å². The summed E-state index contributed by atoms with van der Waals surface area (Å²) in [5.41, 5.74) is 0. The predicted molar refractivity (Wildman–Crippen MR) is 201 cm³/mol. The molecule has 51 heavy (non-hydrogen) atoms. The first-order valence-electron chi connectivity index (χ1n) is 20.1. The average Bonchev–Trinajstić information content (AvgIpc) is 3.13. The first-order chi connectivity index (χ1) is 24.8. The number of esters is 2. The van der Waals surface area contributed by atoms with E-state index in [0.717, 1.165) is 70.6 Å². The second-order valence-electron chi connectivity index (χ2n) is 13.7. The van der Waals surface area contributed by atoms with Crippen LogP contribution in [0.2, 0.25) is 0 Å². The third-order valence-electron chi connectivity index (χ3n) is 9.04. The minimum absolute atomic E-state index is 0.225. The van der Waals surface area contributed by atoms with Crippen molar-refractivity contribution in [1.82, 2.24) is 0 Å². The molecule has 0 aliphatic carbocycles. The molecule has 296 valence electrons. The van der Waals surface area contributed by atoms with E-state index in [4.69, 9.17) is 18.9 Å². The van der Waals surface area contributed by atoms with E-state index < -0.39 is 55.4 Å². The predicted octanol–water partition coefficient (Wildman–Crippen LogP) is 7.55. The lowest BCUT2D eigenvalue weighted by molar-refractivity contribution is -0.305. The first-order valence-corrected chi connectivity index (χ1v) is 20.1. The molecule has 10 heteroatoms. The van der Waals surface area contributed by atoms with Crippen molar-refractivity contribution in [2.24, 2.45) is 0 Å². The van der Waals surface area contributed by atoms with E-state index in [1.807, 2.05) is 0 Å². The van der Waals surface area contributed by atoms with Crippen molar-refractivity contribution >= 4 is 11.9 Å². The fraction of sp³-hybridized carbons (Fsp3) is 0.805. The highest BCUT2D eigenvalue weighted by atomic mass is 16.7. The van der Waals surface area contributed by atoms with Crippen molar-refractivity contribution in [1.29, 1.82) is 0 Å². The van der Waals surface area contributed by atoms with Gasteiger partial charge in [0.2, 0.25) is 0 Å². The first kappa shape index (κ1) is 46.9. The second kappa shape index (κ2) is 32.6. The average molecular weight is 725 g/mol. The van der Waals surface area contributed by atoms with Crippen LogP contribution in [0.4, 0.5) is 0 Å². The Bertz CT molecular complexity index is 933. The summed E-state index contributed by atoms with van der Waals surface area (Å²) in [5.74, 6) is -0.828. The standard InChI is InChI=1S/C41H72O10/c1-3-5-7-9-11-13-15-16-17-18-20-21-23-25-27-29-36(43)48-32-34(33-49-41-40(47)39(46)38(45)35(31-42)51-41)50-37(44)30-28-26-24-22-19-14-12-10-8-6-4-2/h5,7,11,13,16-17,34-35,38-42,45-47H,3-4,6,8-10,12,14-15,18-33H2,1-2H3/b7-5-,13-11-,17-16-/t34-,35-,38+,39+,40-,41-/m1/s1. The molecular formula is C41H72O10. The van der Waals surface area contributed by atoms with E-state index in [2.05, 4.69) is 50.3 Å². The van der Waals surface area contributed by atoms with Gasteiger partial charge in [0.1, 0.15) is 31.0 Å². The van der Waals surface area contributed by atoms with E-state index in [-0.39, 0.29) is 26.1 Å². The van der Waals surface area contributed by atoms with Crippen LogP contribution in [0.3, 0.4) is 0 Å². The lowest BCUT2D eigenvalue weighted by atomic mass is 9.99. The van der Waals surface area contributed by atoms with E-state index in [9.17, 15) is 30.0 Å². The van der Waals surface area contributed by atoms with Crippen LogP contribution in [-0.2, 0) is 28.5 Å². The number of rotatable bonds is 32. The number of hydrogen-bond donors (Lipinski definition) is 4. The van der Waals surface area contributed by atoms with Crippen molar-refractivity contribution in [3.8, 4) is 0 Å². The van der Waals surface area contributed by atoms with Crippen LogP contribution in [0, 0.1) is 0 Å². The number of carbonyl (C=O) groups is 2. The van der Waals surface area contributed by atoms with Crippen molar-refractivity contribution in [2.45, 2.75) is 192 Å². The van der Waals surface area contributed by atoms with Crippen molar-refractivity contribution in [2.75, 3.05) is 19.8 Å². The summed E-state index contributed by atoms with van der Waals surface area (Å²) in [7, 11) is 0. The Morgan fingerprint density at radius 1 is 0.627 bits per heavy atom. The largest absolute Gasteiger partial charge is 0.462 e. The smallest absolute Gasteiger partial charge is 0.306 e. The minimum Gasteiger partial charge on any atom is -0.462 e. The molecule has 0 aromatic rings. The maximum Gasteiger partial charge on any atom is 0.306 e. The molecule has 0 aromatic carbocycles. The molecule has 1 rings (SSSR count). The number of carbonyl (C=O) groups excluding carboxylic acids is 2. The van der Waals surface area contributed by atoms with Crippen LogP contribution in [0.1, 0.15) is 155 Å². The van der Waals surface area contributed by atoms with Gasteiger partial charge in [-0.05, 0) is 44.9 Å². The summed E-state index contributed by atoms with van der Waals surface area (Å²) in [6.07, 6.45) is 27.3. The Kier molecular flexibility index (Phi) is 30.0. The Labute approximate surface area is 308 Å². The van der Waals surface area contributed by atoms with Gasteiger partial charge in [0.25, 0.3) is 0 Å². The van der Waals surface area contributed by atoms with Gasteiger partial charge in [0, 0.05) is 12.8 Å². The fourth-order valence-electron chi connectivity index (χ4n) is 5.85. The normalized spacial score (nSPS) is 21.6. The molecule has 0 aromatic heterocycles. The van der Waals surface area contributed by atoms with Gasteiger partial charge in [-0.2, -0.15) is 0 Å². The molecule has 1 aliphatic heterocycles. The molecule has 1 heterocycles. The van der Waals surface area contributed by atoms with Crippen molar-refractivity contribution < 1.29 is 49.0 Å². The molecule has 1 saturated heterocycles. The van der Waals surface area contributed by atoms with E-state index in [1.165, 1.54) is 44.9 Å². The van der Waals surface area contributed by atoms with Crippen LogP contribution in [0.15, 0.2) is 36.5 Å². The fourth-order valence-corrected chi connectivity index (χ4v) is 5.85. The zero-order chi connectivity index (χ0) is 37.4. The molecule has 0 bridgehead atoms. The van der Waals surface area contributed by atoms with Gasteiger partial charge < -0.3 is 39.4 Å². The topological polar surface area (TPSA) is 152 Å². The van der Waals surface area contributed by atoms with Gasteiger partial charge in [-0.15, -0.1) is 0 Å². The highest BCUT2D eigenvalue weighted by Gasteiger charge is 2.44. The molecule has 0 amide bonds. The molecule has 4 N–H and O–H groups in total. The third-order valence-corrected chi connectivity index (χ3v) is 9.04.